The van der Waals surface area contributed by atoms with E-state index < -0.39 is 0 Å². The zero-order chi connectivity index (χ0) is 21.4. The minimum Gasteiger partial charge on any atom is -0.497 e. The van der Waals surface area contributed by atoms with Crippen LogP contribution in [0.3, 0.4) is 0 Å². The lowest BCUT2D eigenvalue weighted by Crippen LogP contribution is -2.22. The van der Waals surface area contributed by atoms with E-state index in [2.05, 4.69) is 20.9 Å². The molecule has 6 nitrogen and oxygen atoms in total. The van der Waals surface area contributed by atoms with Crippen LogP contribution in [-0.4, -0.2) is 26.2 Å². The molecule has 0 bridgehead atoms. The van der Waals surface area contributed by atoms with Gasteiger partial charge in [0, 0.05) is 15.7 Å². The molecule has 2 aromatic heterocycles. The first-order valence-corrected chi connectivity index (χ1v) is 10.4. The molecule has 31 heavy (non-hydrogen) atoms. The van der Waals surface area contributed by atoms with E-state index in [0.717, 1.165) is 21.5 Å². The van der Waals surface area contributed by atoms with Crippen LogP contribution < -0.4 is 10.3 Å². The van der Waals surface area contributed by atoms with Crippen molar-refractivity contribution in [2.45, 2.75) is 0 Å². The molecule has 0 saturated heterocycles. The molecular formula is C24H17BrN4O2. The molecule has 2 heterocycles. The van der Waals surface area contributed by atoms with Gasteiger partial charge in [0.2, 0.25) is 0 Å². The minimum absolute atomic E-state index is 0.229. The van der Waals surface area contributed by atoms with Gasteiger partial charge in [0.25, 0.3) is 5.56 Å². The summed E-state index contributed by atoms with van der Waals surface area (Å²) in [4.78, 5) is 22.9. The zero-order valence-corrected chi connectivity index (χ0v) is 18.2. The highest BCUT2D eigenvalue weighted by Crippen LogP contribution is 2.25. The fourth-order valence-electron chi connectivity index (χ4n) is 3.49. The quantitative estimate of drug-likeness (QED) is 0.368. The highest BCUT2D eigenvalue weighted by Gasteiger charge is 2.18. The Morgan fingerprint density at radius 1 is 0.871 bits per heavy atom. The predicted octanol–water partition coefficient (Wildman–Crippen LogP) is 5.01. The first-order valence-electron chi connectivity index (χ1n) is 9.61. The molecule has 0 saturated carbocycles. The van der Waals surface area contributed by atoms with Crippen molar-refractivity contribution >= 4 is 27.1 Å². The van der Waals surface area contributed by atoms with Crippen molar-refractivity contribution in [3.8, 4) is 28.5 Å². The summed E-state index contributed by atoms with van der Waals surface area (Å²) in [5.74, 6) is 1.26. The maximum Gasteiger partial charge on any atom is 0.286 e. The third-order valence-electron chi connectivity index (χ3n) is 5.04. The lowest BCUT2D eigenvalue weighted by Gasteiger charge is -2.14. The second-order valence-corrected chi connectivity index (χ2v) is 7.82. The van der Waals surface area contributed by atoms with E-state index in [0.29, 0.717) is 22.7 Å². The van der Waals surface area contributed by atoms with E-state index in [-0.39, 0.29) is 5.56 Å². The van der Waals surface area contributed by atoms with Gasteiger partial charge in [-0.05, 0) is 60.7 Å². The molecule has 0 aliphatic carbocycles. The Labute approximate surface area is 186 Å². The normalized spacial score (nSPS) is 11.0. The topological polar surface area (TPSA) is 61.9 Å². The molecule has 0 amide bonds. The van der Waals surface area contributed by atoms with Gasteiger partial charge >= 0.3 is 0 Å². The minimum atomic E-state index is -0.229. The van der Waals surface area contributed by atoms with Crippen molar-refractivity contribution in [1.82, 2.24) is 19.1 Å². The summed E-state index contributed by atoms with van der Waals surface area (Å²) < 4.78 is 9.64. The van der Waals surface area contributed by atoms with Gasteiger partial charge in [-0.2, -0.15) is 0 Å². The van der Waals surface area contributed by atoms with Gasteiger partial charge < -0.3 is 4.74 Å². The number of hydrogen-bond donors (Lipinski definition) is 0. The van der Waals surface area contributed by atoms with E-state index in [1.54, 1.807) is 18.0 Å². The van der Waals surface area contributed by atoms with Crippen molar-refractivity contribution in [1.29, 1.82) is 0 Å². The van der Waals surface area contributed by atoms with Crippen LogP contribution in [0.4, 0.5) is 0 Å². The number of fused-ring (bicyclic) bond motifs is 1. The summed E-state index contributed by atoms with van der Waals surface area (Å²) in [7, 11) is 1.62. The Bertz CT molecular complexity index is 1420. The molecule has 0 unspecified atom stereocenters. The third-order valence-corrected chi connectivity index (χ3v) is 5.57. The molecule has 5 aromatic rings. The number of aromatic nitrogens is 4. The Morgan fingerprint density at radius 3 is 2.26 bits per heavy atom. The predicted molar refractivity (Wildman–Crippen MR) is 124 cm³/mol. The second-order valence-electron chi connectivity index (χ2n) is 6.90. The Hall–Kier alpha value is -3.71. The van der Waals surface area contributed by atoms with Crippen LogP contribution in [0, 0.1) is 0 Å². The van der Waals surface area contributed by atoms with Crippen LogP contribution in [0.25, 0.3) is 33.9 Å². The third kappa shape index (κ3) is 3.43. The summed E-state index contributed by atoms with van der Waals surface area (Å²) in [6.07, 6.45) is 1.64. The second kappa shape index (κ2) is 7.85. The van der Waals surface area contributed by atoms with E-state index in [9.17, 15) is 4.79 Å². The van der Waals surface area contributed by atoms with Crippen LogP contribution >= 0.6 is 15.9 Å². The summed E-state index contributed by atoms with van der Waals surface area (Å²) in [5.41, 5.74) is 2.98. The molecule has 0 fully saturated rings. The molecule has 152 valence electrons. The van der Waals surface area contributed by atoms with E-state index in [1.807, 2.05) is 83.4 Å². The number of nitrogens with zero attached hydrogens (tertiary/aromatic N) is 4. The number of para-hydroxylation sites is 1. The summed E-state index contributed by atoms with van der Waals surface area (Å²) in [6, 6.07) is 24.8. The number of hydrogen-bond acceptors (Lipinski definition) is 4. The smallest absolute Gasteiger partial charge is 0.286 e. The van der Waals surface area contributed by atoms with Gasteiger partial charge in [0.1, 0.15) is 17.9 Å². The van der Waals surface area contributed by atoms with Crippen LogP contribution in [-0.2, 0) is 0 Å². The van der Waals surface area contributed by atoms with Crippen molar-refractivity contribution in [2.75, 3.05) is 7.11 Å². The van der Waals surface area contributed by atoms with Crippen LogP contribution in [0.15, 0.2) is 94.5 Å². The number of imidazole rings is 1. The molecule has 5 rings (SSSR count). The van der Waals surface area contributed by atoms with Gasteiger partial charge in [-0.25, -0.2) is 9.97 Å². The lowest BCUT2D eigenvalue weighted by atomic mass is 10.2. The van der Waals surface area contributed by atoms with Gasteiger partial charge in [0.05, 0.1) is 12.8 Å². The first kappa shape index (κ1) is 19.3. The largest absolute Gasteiger partial charge is 0.497 e. The fourth-order valence-corrected chi connectivity index (χ4v) is 3.76. The van der Waals surface area contributed by atoms with E-state index >= 15 is 0 Å². The Balaban J connectivity index is 1.82. The number of rotatable bonds is 4. The van der Waals surface area contributed by atoms with Crippen LogP contribution in [0.2, 0.25) is 0 Å². The molecule has 0 aliphatic heterocycles. The SMILES string of the molecule is COc1ccc(-c2nc3c(ncn3-c3ccccc3)c(=O)n2-c2ccc(Br)cc2)cc1. The number of methoxy groups -OCH3 is 1. The van der Waals surface area contributed by atoms with Crippen LogP contribution in [0.1, 0.15) is 0 Å². The highest BCUT2D eigenvalue weighted by molar-refractivity contribution is 9.10. The Morgan fingerprint density at radius 2 is 1.58 bits per heavy atom. The molecule has 0 spiro atoms. The van der Waals surface area contributed by atoms with Crippen molar-refractivity contribution in [2.24, 2.45) is 0 Å². The zero-order valence-electron chi connectivity index (χ0n) is 16.6. The molecule has 0 N–H and O–H groups in total. The molecule has 0 atom stereocenters. The average molecular weight is 473 g/mol. The number of benzene rings is 3. The van der Waals surface area contributed by atoms with Crippen LogP contribution in [0.5, 0.6) is 5.75 Å². The number of halogens is 1. The maximum absolute atomic E-state index is 13.6. The summed E-state index contributed by atoms with van der Waals surface area (Å²) in [6.45, 7) is 0. The molecule has 0 radical (unpaired) electrons. The van der Waals surface area contributed by atoms with Crippen molar-refractivity contribution in [3.63, 3.8) is 0 Å². The molecule has 3 aromatic carbocycles. The van der Waals surface area contributed by atoms with Crippen molar-refractivity contribution in [3.05, 3.63) is 100 Å². The van der Waals surface area contributed by atoms with E-state index in [1.165, 1.54) is 0 Å². The maximum atomic E-state index is 13.6. The molecule has 7 heteroatoms. The van der Waals surface area contributed by atoms with Crippen molar-refractivity contribution < 1.29 is 4.74 Å². The highest BCUT2D eigenvalue weighted by atomic mass is 79.9. The lowest BCUT2D eigenvalue weighted by molar-refractivity contribution is 0.415. The first-order chi connectivity index (χ1) is 15.2. The molecular weight excluding hydrogens is 456 g/mol. The monoisotopic (exact) mass is 472 g/mol. The van der Waals surface area contributed by atoms with E-state index in [4.69, 9.17) is 9.72 Å². The fraction of sp³-hybridized carbons (Fsp3) is 0.0417. The van der Waals surface area contributed by atoms with Gasteiger partial charge in [-0.15, -0.1) is 0 Å². The molecule has 0 aliphatic rings. The summed E-state index contributed by atoms with van der Waals surface area (Å²) in [5, 5.41) is 0. The standard InChI is InChI=1S/C24H17BrN4O2/c1-31-20-13-7-16(8-14-20)22-27-23-21(26-15-28(23)18-5-3-2-4-6-18)24(30)29(22)19-11-9-17(25)10-12-19/h2-15H,1H3. The number of ether oxygens (including phenoxy) is 1. The Kier molecular flexibility index (Phi) is 4.88. The average Bonchev–Trinajstić information content (AvgIpc) is 3.25. The van der Waals surface area contributed by atoms with Gasteiger partial charge in [0.15, 0.2) is 11.2 Å². The van der Waals surface area contributed by atoms with Gasteiger partial charge in [-0.3, -0.25) is 13.9 Å². The summed E-state index contributed by atoms with van der Waals surface area (Å²) >= 11 is 3.45. The van der Waals surface area contributed by atoms with Gasteiger partial charge in [-0.1, -0.05) is 34.1 Å².